The molecule has 5 heteroatoms. The molecular weight excluding hydrogens is 260 g/mol. The number of benzene rings is 1. The van der Waals surface area contributed by atoms with Crippen LogP contribution in [0.15, 0.2) is 29.9 Å². The minimum atomic E-state index is -0.837. The molecule has 0 amide bonds. The van der Waals surface area contributed by atoms with Gasteiger partial charge < -0.3 is 10.0 Å². The first kappa shape index (κ1) is 12.2. The topological polar surface area (TPSA) is 53.4 Å². The predicted molar refractivity (Wildman–Crippen MR) is 74.9 cm³/mol. The fourth-order valence-electron chi connectivity index (χ4n) is 2.57. The van der Waals surface area contributed by atoms with Crippen molar-refractivity contribution in [1.29, 1.82) is 0 Å². The third kappa shape index (κ3) is 2.33. The molecule has 3 rings (SSSR count). The van der Waals surface area contributed by atoms with Crippen LogP contribution in [0.4, 0.5) is 5.69 Å². The van der Waals surface area contributed by atoms with Crippen LogP contribution in [0.5, 0.6) is 0 Å². The van der Waals surface area contributed by atoms with Gasteiger partial charge in [-0.1, -0.05) is 6.07 Å². The highest BCUT2D eigenvalue weighted by atomic mass is 32.1. The van der Waals surface area contributed by atoms with Gasteiger partial charge in [-0.2, -0.15) is 0 Å². The van der Waals surface area contributed by atoms with Crippen LogP contribution in [0.25, 0.3) is 0 Å². The van der Waals surface area contributed by atoms with E-state index in [0.29, 0.717) is 5.56 Å². The summed E-state index contributed by atoms with van der Waals surface area (Å²) in [5, 5.41) is 9.26. The van der Waals surface area contributed by atoms with E-state index in [4.69, 9.17) is 0 Å². The Morgan fingerprint density at radius 3 is 3.11 bits per heavy atom. The van der Waals surface area contributed by atoms with Crippen LogP contribution in [0.2, 0.25) is 0 Å². The quantitative estimate of drug-likeness (QED) is 0.935. The molecule has 0 radical (unpaired) electrons. The fourth-order valence-corrected chi connectivity index (χ4v) is 3.18. The number of carboxylic acid groups (broad SMARTS) is 1. The Morgan fingerprint density at radius 2 is 2.37 bits per heavy atom. The number of carbonyl (C=O) groups is 1. The van der Waals surface area contributed by atoms with Gasteiger partial charge in [0.05, 0.1) is 17.6 Å². The number of aromatic carboxylic acids is 1. The van der Waals surface area contributed by atoms with Gasteiger partial charge in [0.1, 0.15) is 0 Å². The Bertz CT molecular complexity index is 595. The average molecular weight is 274 g/mol. The second-order valence-corrected chi connectivity index (χ2v) is 5.57. The zero-order valence-electron chi connectivity index (χ0n) is 10.4. The molecule has 1 aliphatic heterocycles. The van der Waals surface area contributed by atoms with Crippen molar-refractivity contribution >= 4 is 23.0 Å². The first-order valence-corrected chi connectivity index (χ1v) is 7.11. The highest BCUT2D eigenvalue weighted by molar-refractivity contribution is 7.09. The molecule has 4 nitrogen and oxygen atoms in total. The third-order valence-electron chi connectivity index (χ3n) is 3.41. The summed E-state index contributed by atoms with van der Waals surface area (Å²) in [6.45, 7) is 1.77. The van der Waals surface area contributed by atoms with Crippen molar-refractivity contribution in [3.05, 3.63) is 45.9 Å². The van der Waals surface area contributed by atoms with Crippen LogP contribution in [-0.2, 0) is 13.0 Å². The van der Waals surface area contributed by atoms with Gasteiger partial charge in [-0.15, -0.1) is 11.3 Å². The molecule has 1 aliphatic rings. The van der Waals surface area contributed by atoms with Gasteiger partial charge in [0, 0.05) is 23.3 Å². The third-order valence-corrected chi connectivity index (χ3v) is 4.17. The average Bonchev–Trinajstić information content (AvgIpc) is 2.91. The summed E-state index contributed by atoms with van der Waals surface area (Å²) in [5.74, 6) is -0.837. The van der Waals surface area contributed by atoms with Crippen LogP contribution in [-0.4, -0.2) is 22.6 Å². The number of carboxylic acids is 1. The lowest BCUT2D eigenvalue weighted by Crippen LogP contribution is -2.29. The minimum Gasteiger partial charge on any atom is -0.478 e. The van der Waals surface area contributed by atoms with Crippen molar-refractivity contribution in [2.24, 2.45) is 0 Å². The zero-order valence-corrected chi connectivity index (χ0v) is 11.2. The van der Waals surface area contributed by atoms with Gasteiger partial charge >= 0.3 is 5.97 Å². The molecule has 0 saturated heterocycles. The van der Waals surface area contributed by atoms with E-state index in [9.17, 15) is 9.90 Å². The minimum absolute atomic E-state index is 0.437. The summed E-state index contributed by atoms with van der Waals surface area (Å²) in [4.78, 5) is 18.8. The number of rotatable bonds is 3. The molecule has 98 valence electrons. The largest absolute Gasteiger partial charge is 0.478 e. The molecule has 0 spiro atoms. The second-order valence-electron chi connectivity index (χ2n) is 4.60. The summed E-state index contributed by atoms with van der Waals surface area (Å²) in [7, 11) is 0. The van der Waals surface area contributed by atoms with Crippen LogP contribution in [0, 0.1) is 0 Å². The van der Waals surface area contributed by atoms with Gasteiger partial charge in [-0.25, -0.2) is 4.79 Å². The number of anilines is 1. The highest BCUT2D eigenvalue weighted by Gasteiger charge is 2.22. The first-order chi connectivity index (χ1) is 9.25. The van der Waals surface area contributed by atoms with Crippen molar-refractivity contribution in [3.63, 3.8) is 0 Å². The SMILES string of the molecule is O=C(O)c1cccc2c1CCCN2Cc1cncs1. The molecule has 2 heterocycles. The Balaban J connectivity index is 1.96. The Kier molecular flexibility index (Phi) is 3.21. The molecule has 0 bridgehead atoms. The van der Waals surface area contributed by atoms with E-state index in [0.717, 1.165) is 37.2 Å². The molecule has 1 aromatic heterocycles. The lowest BCUT2D eigenvalue weighted by molar-refractivity contribution is 0.0695. The smallest absolute Gasteiger partial charge is 0.336 e. The molecule has 19 heavy (non-hydrogen) atoms. The van der Waals surface area contributed by atoms with Crippen molar-refractivity contribution in [2.75, 3.05) is 11.4 Å². The van der Waals surface area contributed by atoms with Gasteiger partial charge in [-0.05, 0) is 30.5 Å². The van der Waals surface area contributed by atoms with Crippen molar-refractivity contribution in [3.8, 4) is 0 Å². The number of hydrogen-bond acceptors (Lipinski definition) is 4. The standard InChI is InChI=1S/C14H14N2O2S/c17-14(18)12-3-1-5-13-11(12)4-2-6-16(13)8-10-7-15-9-19-10/h1,3,5,7,9H,2,4,6,8H2,(H,17,18). The zero-order chi connectivity index (χ0) is 13.2. The first-order valence-electron chi connectivity index (χ1n) is 6.23. The van der Waals surface area contributed by atoms with Crippen molar-refractivity contribution < 1.29 is 9.90 Å². The van der Waals surface area contributed by atoms with Gasteiger partial charge in [0.15, 0.2) is 0 Å². The van der Waals surface area contributed by atoms with Crippen molar-refractivity contribution in [1.82, 2.24) is 4.98 Å². The molecule has 0 aliphatic carbocycles. The maximum absolute atomic E-state index is 11.3. The normalized spacial score (nSPS) is 14.2. The van der Waals surface area contributed by atoms with E-state index in [-0.39, 0.29) is 0 Å². The molecule has 2 aromatic rings. The van der Waals surface area contributed by atoms with Crippen LogP contribution in [0.3, 0.4) is 0 Å². The molecule has 0 atom stereocenters. The van der Waals surface area contributed by atoms with Gasteiger partial charge in [0.25, 0.3) is 0 Å². The van der Waals surface area contributed by atoms with Crippen LogP contribution >= 0.6 is 11.3 Å². The Labute approximate surface area is 115 Å². The van der Waals surface area contributed by atoms with E-state index >= 15 is 0 Å². The monoisotopic (exact) mass is 274 g/mol. The van der Waals surface area contributed by atoms with E-state index in [1.54, 1.807) is 17.4 Å². The molecule has 0 fully saturated rings. The molecule has 0 saturated carbocycles. The van der Waals surface area contributed by atoms with Crippen LogP contribution < -0.4 is 4.90 Å². The van der Waals surface area contributed by atoms with E-state index in [1.165, 1.54) is 4.88 Å². The van der Waals surface area contributed by atoms with Gasteiger partial charge in [0.2, 0.25) is 0 Å². The summed E-state index contributed by atoms with van der Waals surface area (Å²) in [6.07, 6.45) is 3.72. The number of thiazole rings is 1. The molecule has 1 N–H and O–H groups in total. The summed E-state index contributed by atoms with van der Waals surface area (Å²) < 4.78 is 0. The molecular formula is C14H14N2O2S. The molecule has 0 unspecified atom stereocenters. The maximum Gasteiger partial charge on any atom is 0.336 e. The Morgan fingerprint density at radius 1 is 1.47 bits per heavy atom. The Hall–Kier alpha value is -1.88. The predicted octanol–water partition coefficient (Wildman–Crippen LogP) is 2.79. The number of nitrogens with zero attached hydrogens (tertiary/aromatic N) is 2. The fraction of sp³-hybridized carbons (Fsp3) is 0.286. The van der Waals surface area contributed by atoms with E-state index in [2.05, 4.69) is 9.88 Å². The molecule has 1 aromatic carbocycles. The number of fused-ring (bicyclic) bond motifs is 1. The summed E-state index contributed by atoms with van der Waals surface area (Å²) in [5.41, 5.74) is 4.28. The number of aromatic nitrogens is 1. The van der Waals surface area contributed by atoms with Crippen LogP contribution in [0.1, 0.15) is 27.2 Å². The summed E-state index contributed by atoms with van der Waals surface area (Å²) >= 11 is 1.63. The number of hydrogen-bond donors (Lipinski definition) is 1. The van der Waals surface area contributed by atoms with E-state index in [1.807, 2.05) is 23.8 Å². The highest BCUT2D eigenvalue weighted by Crippen LogP contribution is 2.31. The van der Waals surface area contributed by atoms with E-state index < -0.39 is 5.97 Å². The summed E-state index contributed by atoms with van der Waals surface area (Å²) in [6, 6.07) is 5.53. The van der Waals surface area contributed by atoms with Crippen molar-refractivity contribution in [2.45, 2.75) is 19.4 Å². The lowest BCUT2D eigenvalue weighted by Gasteiger charge is -2.31. The maximum atomic E-state index is 11.3. The van der Waals surface area contributed by atoms with Gasteiger partial charge in [-0.3, -0.25) is 4.98 Å². The second kappa shape index (κ2) is 5.01. The lowest BCUT2D eigenvalue weighted by atomic mass is 9.96.